The number of aromatic nitrogens is 5. The number of carbonyl (C=O) groups excluding carboxylic acids is 1. The number of pyridine rings is 2. The van der Waals surface area contributed by atoms with Gasteiger partial charge in [-0.15, -0.1) is 5.10 Å². The van der Waals surface area contributed by atoms with Crippen molar-refractivity contribution in [3.63, 3.8) is 0 Å². The largest absolute Gasteiger partial charge is 0.396 e. The van der Waals surface area contributed by atoms with Gasteiger partial charge in [0.1, 0.15) is 17.5 Å². The predicted octanol–water partition coefficient (Wildman–Crippen LogP) is 3.54. The maximum Gasteiger partial charge on any atom is 0.276 e. The Balaban J connectivity index is 1.30. The number of hydrogen-bond donors (Lipinski definition) is 5. The minimum Gasteiger partial charge on any atom is -0.396 e. The lowest BCUT2D eigenvalue weighted by Gasteiger charge is -2.32. The number of piperidine rings is 1. The smallest absolute Gasteiger partial charge is 0.276 e. The number of fused-ring (bicyclic) bond motifs is 1. The molecule has 0 atom stereocenters. The Morgan fingerprint density at radius 1 is 1.05 bits per heavy atom. The first-order valence-electron chi connectivity index (χ1n) is 14.4. The molecule has 1 amide bonds. The fraction of sp³-hybridized carbons (Fsp3) is 0.414. The molecule has 6 N–H and O–H groups in total. The number of rotatable bonds is 8. The average molecular weight is 575 g/mol. The van der Waals surface area contributed by atoms with Gasteiger partial charge in [-0.2, -0.15) is 0 Å². The summed E-state index contributed by atoms with van der Waals surface area (Å²) in [6, 6.07) is 9.45. The van der Waals surface area contributed by atoms with Crippen LogP contribution in [0.3, 0.4) is 0 Å². The van der Waals surface area contributed by atoms with Crippen LogP contribution in [0.15, 0.2) is 48.9 Å². The third-order valence-electron chi connectivity index (χ3n) is 8.04. The summed E-state index contributed by atoms with van der Waals surface area (Å²) < 4.78 is 15.7. The Morgan fingerprint density at radius 3 is 2.62 bits per heavy atom. The Labute approximate surface area is 242 Å². The van der Waals surface area contributed by atoms with Crippen molar-refractivity contribution in [3.05, 3.63) is 60.4 Å². The van der Waals surface area contributed by atoms with Gasteiger partial charge in [-0.1, -0.05) is 6.07 Å². The lowest BCUT2D eigenvalue weighted by molar-refractivity contribution is 0.102. The second kappa shape index (κ2) is 12.2. The third kappa shape index (κ3) is 6.11. The summed E-state index contributed by atoms with van der Waals surface area (Å²) in [5.74, 6) is 1.17. The molecule has 42 heavy (non-hydrogen) atoms. The number of nitrogens with zero attached hydrogens (tertiary/aromatic N) is 6. The molecule has 4 aromatic rings. The highest BCUT2D eigenvalue weighted by atomic mass is 19.1. The van der Waals surface area contributed by atoms with Gasteiger partial charge in [-0.05, 0) is 62.6 Å². The van der Waals surface area contributed by atoms with E-state index in [-0.39, 0.29) is 30.1 Å². The van der Waals surface area contributed by atoms with Crippen LogP contribution in [0.5, 0.6) is 0 Å². The summed E-state index contributed by atoms with van der Waals surface area (Å²) >= 11 is 0. The standard InChI is InChI=1S/C29H35FN10O2/c30-21-15-32-11-8-22(21)36-29(42)24-16-33-28-23(14-26(38-40(24)28)34-20-6-4-19(31)5-7-20)35-25-2-1-3-27(37-25)39-12-9-18(17-41)10-13-39/h1-3,8,11,14-16,18-20,41H,4-7,9-10,12-13,17,31H2,(H,34,38)(H,35,37)(H,32,36,42). The first-order chi connectivity index (χ1) is 20.5. The van der Waals surface area contributed by atoms with Crippen molar-refractivity contribution in [2.45, 2.75) is 50.6 Å². The molecule has 1 aliphatic carbocycles. The van der Waals surface area contributed by atoms with Crippen LogP contribution < -0.4 is 26.6 Å². The molecular formula is C29H35FN10O2. The summed E-state index contributed by atoms with van der Waals surface area (Å²) in [5.41, 5.74) is 7.29. The summed E-state index contributed by atoms with van der Waals surface area (Å²) in [6.07, 6.45) is 9.38. The van der Waals surface area contributed by atoms with Crippen LogP contribution in [0, 0.1) is 11.7 Å². The van der Waals surface area contributed by atoms with E-state index < -0.39 is 11.7 Å². The Bertz CT molecular complexity index is 1550. The normalized spacial score (nSPS) is 19.5. The molecule has 13 heteroatoms. The molecular weight excluding hydrogens is 539 g/mol. The number of aliphatic hydroxyl groups excluding tert-OH is 1. The molecule has 4 aromatic heterocycles. The van der Waals surface area contributed by atoms with E-state index in [1.807, 2.05) is 24.3 Å². The topological polar surface area (TPSA) is 159 Å². The lowest BCUT2D eigenvalue weighted by Crippen LogP contribution is -2.35. The van der Waals surface area contributed by atoms with Gasteiger partial charge in [0.05, 0.1) is 23.8 Å². The molecule has 6 rings (SSSR count). The van der Waals surface area contributed by atoms with Crippen LogP contribution in [0.1, 0.15) is 49.0 Å². The monoisotopic (exact) mass is 574 g/mol. The number of hydrogen-bond acceptors (Lipinski definition) is 10. The molecule has 0 unspecified atom stereocenters. The van der Waals surface area contributed by atoms with E-state index >= 15 is 0 Å². The van der Waals surface area contributed by atoms with Crippen molar-refractivity contribution in [1.82, 2.24) is 24.6 Å². The molecule has 1 aliphatic heterocycles. The molecule has 0 aromatic carbocycles. The molecule has 2 aliphatic rings. The van der Waals surface area contributed by atoms with Gasteiger partial charge in [0.15, 0.2) is 17.2 Å². The zero-order valence-electron chi connectivity index (χ0n) is 23.2. The molecule has 0 bridgehead atoms. The minimum atomic E-state index is -0.639. The van der Waals surface area contributed by atoms with Gasteiger partial charge >= 0.3 is 0 Å². The second-order valence-electron chi connectivity index (χ2n) is 11.0. The summed E-state index contributed by atoms with van der Waals surface area (Å²) in [5, 5.41) is 23.7. The molecule has 1 saturated heterocycles. The van der Waals surface area contributed by atoms with Crippen LogP contribution >= 0.6 is 0 Å². The second-order valence-corrected chi connectivity index (χ2v) is 11.0. The number of amides is 1. The van der Waals surface area contributed by atoms with Crippen molar-refractivity contribution in [1.29, 1.82) is 0 Å². The van der Waals surface area contributed by atoms with Gasteiger partial charge in [0, 0.05) is 44.0 Å². The third-order valence-corrected chi connectivity index (χ3v) is 8.04. The molecule has 0 radical (unpaired) electrons. The fourth-order valence-electron chi connectivity index (χ4n) is 5.57. The Kier molecular flexibility index (Phi) is 8.11. The van der Waals surface area contributed by atoms with Crippen molar-refractivity contribution < 1.29 is 14.3 Å². The van der Waals surface area contributed by atoms with E-state index in [1.165, 1.54) is 23.0 Å². The maximum atomic E-state index is 14.2. The zero-order valence-corrected chi connectivity index (χ0v) is 23.2. The number of nitrogens with one attached hydrogen (secondary N) is 3. The van der Waals surface area contributed by atoms with Crippen LogP contribution in [0.4, 0.5) is 33.2 Å². The maximum absolute atomic E-state index is 14.2. The van der Waals surface area contributed by atoms with E-state index in [0.717, 1.165) is 63.6 Å². The van der Waals surface area contributed by atoms with Crippen molar-refractivity contribution in [3.8, 4) is 0 Å². The summed E-state index contributed by atoms with van der Waals surface area (Å²) in [7, 11) is 0. The number of nitrogens with two attached hydrogens (primary N) is 1. The van der Waals surface area contributed by atoms with Gasteiger partial charge in [0.25, 0.3) is 5.91 Å². The molecule has 0 spiro atoms. The lowest BCUT2D eigenvalue weighted by atomic mass is 9.92. The number of aliphatic hydroxyl groups is 1. The van der Waals surface area contributed by atoms with Crippen molar-refractivity contribution in [2.75, 3.05) is 40.5 Å². The number of carbonyl (C=O) groups is 1. The highest BCUT2D eigenvalue weighted by Gasteiger charge is 2.23. The molecule has 1 saturated carbocycles. The van der Waals surface area contributed by atoms with Gasteiger partial charge in [-0.25, -0.2) is 18.9 Å². The molecule has 220 valence electrons. The van der Waals surface area contributed by atoms with E-state index in [1.54, 1.807) is 0 Å². The van der Waals surface area contributed by atoms with Crippen LogP contribution in [0.25, 0.3) is 5.65 Å². The average Bonchev–Trinajstić information content (AvgIpc) is 3.44. The highest BCUT2D eigenvalue weighted by Crippen LogP contribution is 2.28. The first-order valence-corrected chi connectivity index (χ1v) is 14.4. The van der Waals surface area contributed by atoms with Gasteiger partial charge < -0.3 is 31.7 Å². The molecule has 12 nitrogen and oxygen atoms in total. The number of anilines is 5. The summed E-state index contributed by atoms with van der Waals surface area (Å²) in [6.45, 7) is 1.88. The van der Waals surface area contributed by atoms with E-state index in [9.17, 15) is 14.3 Å². The molecule has 2 fully saturated rings. The predicted molar refractivity (Wildman–Crippen MR) is 159 cm³/mol. The van der Waals surface area contributed by atoms with Crippen molar-refractivity contribution >= 4 is 40.4 Å². The van der Waals surface area contributed by atoms with E-state index in [0.29, 0.717) is 28.9 Å². The van der Waals surface area contributed by atoms with Crippen LogP contribution in [-0.2, 0) is 0 Å². The Hall–Kier alpha value is -4.36. The quantitative estimate of drug-likeness (QED) is 0.211. The Morgan fingerprint density at radius 2 is 1.86 bits per heavy atom. The van der Waals surface area contributed by atoms with Gasteiger partial charge in [-0.3, -0.25) is 9.78 Å². The van der Waals surface area contributed by atoms with Gasteiger partial charge in [0.2, 0.25) is 0 Å². The van der Waals surface area contributed by atoms with E-state index in [4.69, 9.17) is 15.8 Å². The van der Waals surface area contributed by atoms with Crippen LogP contribution in [-0.4, -0.2) is 67.4 Å². The number of imidazole rings is 1. The first kappa shape index (κ1) is 27.8. The number of halogens is 1. The minimum absolute atomic E-state index is 0.0140. The SMILES string of the molecule is NC1CCC(Nc2cc(Nc3cccc(N4CCC(CO)CC4)n3)c3ncc(C(=O)Nc4ccncc4F)n3n2)CC1. The summed E-state index contributed by atoms with van der Waals surface area (Å²) in [4.78, 5) is 28.5. The zero-order chi connectivity index (χ0) is 29.1. The molecule has 5 heterocycles. The highest BCUT2D eigenvalue weighted by molar-refractivity contribution is 6.03. The van der Waals surface area contributed by atoms with Crippen LogP contribution in [0.2, 0.25) is 0 Å². The fourth-order valence-corrected chi connectivity index (χ4v) is 5.57. The van der Waals surface area contributed by atoms with Crippen molar-refractivity contribution in [2.24, 2.45) is 11.7 Å². The van der Waals surface area contributed by atoms with E-state index in [2.05, 4.69) is 30.8 Å².